The first-order chi connectivity index (χ1) is 16.0. The van der Waals surface area contributed by atoms with Crippen molar-refractivity contribution in [2.75, 3.05) is 0 Å². The van der Waals surface area contributed by atoms with Crippen molar-refractivity contribution in [3.8, 4) is 11.4 Å². The van der Waals surface area contributed by atoms with Gasteiger partial charge in [-0.15, -0.1) is 11.3 Å². The van der Waals surface area contributed by atoms with Crippen LogP contribution < -0.4 is 16.0 Å². The Morgan fingerprint density at radius 2 is 1.85 bits per heavy atom. The number of hydrogen-bond acceptors (Lipinski definition) is 5. The highest BCUT2D eigenvalue weighted by Gasteiger charge is 2.30. The summed E-state index contributed by atoms with van der Waals surface area (Å²) in [6.45, 7) is 1.62. The largest absolute Gasteiger partial charge is 0.486 e. The van der Waals surface area contributed by atoms with E-state index in [-0.39, 0.29) is 32.2 Å². The summed E-state index contributed by atoms with van der Waals surface area (Å²) in [5.41, 5.74) is -1.98. The summed E-state index contributed by atoms with van der Waals surface area (Å²) >= 11 is 7.03. The number of H-pyrrole nitrogens is 1. The van der Waals surface area contributed by atoms with Crippen molar-refractivity contribution in [1.29, 1.82) is 0 Å². The van der Waals surface area contributed by atoms with Gasteiger partial charge in [0.1, 0.15) is 16.7 Å². The zero-order chi connectivity index (χ0) is 24.8. The van der Waals surface area contributed by atoms with Gasteiger partial charge in [-0.1, -0.05) is 23.7 Å². The summed E-state index contributed by atoms with van der Waals surface area (Å²) in [6.07, 6.45) is -5.14. The lowest BCUT2D eigenvalue weighted by atomic mass is 10.1. The topological polar surface area (TPSA) is 101 Å². The first-order valence-electron chi connectivity index (χ1n) is 9.61. The van der Waals surface area contributed by atoms with Gasteiger partial charge in [-0.25, -0.2) is 14.2 Å². The van der Waals surface area contributed by atoms with Crippen LogP contribution in [-0.2, 0) is 6.18 Å². The second kappa shape index (κ2) is 8.65. The van der Waals surface area contributed by atoms with Crippen LogP contribution in [0.15, 0.2) is 57.4 Å². The van der Waals surface area contributed by atoms with Gasteiger partial charge >= 0.3 is 17.8 Å². The molecule has 7 nitrogen and oxygen atoms in total. The van der Waals surface area contributed by atoms with E-state index in [4.69, 9.17) is 16.3 Å². The number of thiophene rings is 1. The number of aromatic amines is 1. The van der Waals surface area contributed by atoms with Crippen molar-refractivity contribution in [3.05, 3.63) is 89.7 Å². The van der Waals surface area contributed by atoms with Gasteiger partial charge in [-0.05, 0) is 36.8 Å². The van der Waals surface area contributed by atoms with Crippen molar-refractivity contribution in [2.24, 2.45) is 0 Å². The van der Waals surface area contributed by atoms with Gasteiger partial charge < -0.3 is 14.8 Å². The van der Waals surface area contributed by atoms with E-state index in [0.717, 1.165) is 23.5 Å². The van der Waals surface area contributed by atoms with E-state index in [0.29, 0.717) is 10.1 Å². The molecule has 2 heterocycles. The molecule has 0 aliphatic rings. The van der Waals surface area contributed by atoms with Crippen molar-refractivity contribution in [1.82, 2.24) is 9.55 Å². The third-order valence-corrected chi connectivity index (χ3v) is 6.31. The van der Waals surface area contributed by atoms with Gasteiger partial charge in [0, 0.05) is 11.4 Å². The lowest BCUT2D eigenvalue weighted by Crippen LogP contribution is -2.34. The minimum Gasteiger partial charge on any atom is -0.486 e. The molecule has 0 fully saturated rings. The Morgan fingerprint density at radius 1 is 1.18 bits per heavy atom. The molecule has 0 aliphatic carbocycles. The molecule has 0 bridgehead atoms. The number of aromatic nitrogens is 2. The molecule has 34 heavy (non-hydrogen) atoms. The molecule has 0 radical (unpaired) electrons. The van der Waals surface area contributed by atoms with Crippen LogP contribution in [0, 0.1) is 0 Å². The quantitative estimate of drug-likeness (QED) is 0.382. The summed E-state index contributed by atoms with van der Waals surface area (Å²) in [7, 11) is 0. The molecule has 0 saturated carbocycles. The summed E-state index contributed by atoms with van der Waals surface area (Å²) in [4.78, 5) is 39.4. The van der Waals surface area contributed by atoms with Crippen LogP contribution in [0.25, 0.3) is 16.6 Å². The summed E-state index contributed by atoms with van der Waals surface area (Å²) in [5.74, 6) is -1.13. The van der Waals surface area contributed by atoms with Gasteiger partial charge in [0.05, 0.1) is 27.2 Å². The van der Waals surface area contributed by atoms with E-state index in [1.807, 2.05) is 0 Å². The van der Waals surface area contributed by atoms with Gasteiger partial charge in [0.25, 0.3) is 5.56 Å². The highest BCUT2D eigenvalue weighted by atomic mass is 35.5. The Labute approximate surface area is 197 Å². The molecule has 4 aromatic rings. The van der Waals surface area contributed by atoms with Crippen molar-refractivity contribution >= 4 is 39.8 Å². The maximum atomic E-state index is 13.1. The number of carboxylic acids is 1. The zero-order valence-electron chi connectivity index (χ0n) is 17.1. The third-order valence-electron chi connectivity index (χ3n) is 5.03. The Balaban J connectivity index is 1.73. The average Bonchev–Trinajstić information content (AvgIpc) is 3.19. The van der Waals surface area contributed by atoms with Crippen LogP contribution in [0.3, 0.4) is 0 Å². The van der Waals surface area contributed by atoms with E-state index in [1.54, 1.807) is 6.92 Å². The van der Waals surface area contributed by atoms with Crippen LogP contribution in [0.1, 0.15) is 33.8 Å². The standard InChI is InChI=1S/C22H14ClF3N2O5S/c1-10(11-2-4-12(5-3-11)22(24,25)26)33-13-6-7-14(23)16(8-13)28-19(29)17-15(27-21(28)32)9-34-18(17)20(30)31/h2-10H,1H3,(H,27,32)(H,30,31). The van der Waals surface area contributed by atoms with Gasteiger partial charge in [0.15, 0.2) is 0 Å². The maximum Gasteiger partial charge on any atom is 0.416 e. The second-order valence-corrected chi connectivity index (χ2v) is 8.51. The number of alkyl halides is 3. The van der Waals surface area contributed by atoms with Crippen LogP contribution >= 0.6 is 22.9 Å². The van der Waals surface area contributed by atoms with Gasteiger partial charge in [0.2, 0.25) is 0 Å². The first-order valence-corrected chi connectivity index (χ1v) is 10.9. The maximum absolute atomic E-state index is 13.1. The number of carbonyl (C=O) groups is 1. The minimum atomic E-state index is -4.46. The van der Waals surface area contributed by atoms with Gasteiger partial charge in [-0.3, -0.25) is 4.79 Å². The normalized spacial score (nSPS) is 12.6. The summed E-state index contributed by atoms with van der Waals surface area (Å²) in [5, 5.41) is 10.6. The highest BCUT2D eigenvalue weighted by Crippen LogP contribution is 2.32. The van der Waals surface area contributed by atoms with Crippen molar-refractivity contribution in [3.63, 3.8) is 0 Å². The second-order valence-electron chi connectivity index (χ2n) is 7.22. The highest BCUT2D eigenvalue weighted by molar-refractivity contribution is 7.13. The van der Waals surface area contributed by atoms with E-state index in [1.165, 1.54) is 35.7 Å². The van der Waals surface area contributed by atoms with Crippen LogP contribution in [0.2, 0.25) is 5.02 Å². The van der Waals surface area contributed by atoms with E-state index in [9.17, 15) is 32.7 Å². The predicted molar refractivity (Wildman–Crippen MR) is 120 cm³/mol. The molecule has 2 aromatic carbocycles. The van der Waals surface area contributed by atoms with E-state index >= 15 is 0 Å². The number of fused-ring (bicyclic) bond motifs is 1. The molecule has 0 amide bonds. The number of halogens is 4. The predicted octanol–water partition coefficient (Wildman–Crippen LogP) is 5.25. The molecule has 176 valence electrons. The van der Waals surface area contributed by atoms with Crippen molar-refractivity contribution < 1.29 is 27.8 Å². The molecule has 0 aliphatic heterocycles. The fourth-order valence-electron chi connectivity index (χ4n) is 3.37. The third kappa shape index (κ3) is 4.31. The minimum absolute atomic E-state index is 0.0218. The van der Waals surface area contributed by atoms with E-state index in [2.05, 4.69) is 4.98 Å². The summed E-state index contributed by atoms with van der Waals surface area (Å²) in [6, 6.07) is 8.63. The lowest BCUT2D eigenvalue weighted by Gasteiger charge is -2.17. The Morgan fingerprint density at radius 3 is 2.47 bits per heavy atom. The monoisotopic (exact) mass is 510 g/mol. The fraction of sp³-hybridized carbons (Fsp3) is 0.136. The fourth-order valence-corrected chi connectivity index (χ4v) is 4.40. The Bertz CT molecular complexity index is 1520. The SMILES string of the molecule is CC(Oc1ccc(Cl)c(-n2c(=O)[nH]c3csc(C(=O)O)c3c2=O)c1)c1ccc(C(F)(F)F)cc1. The van der Waals surface area contributed by atoms with Crippen molar-refractivity contribution in [2.45, 2.75) is 19.2 Å². The Kier molecular flexibility index (Phi) is 6.00. The molecule has 12 heteroatoms. The zero-order valence-corrected chi connectivity index (χ0v) is 18.7. The molecule has 1 unspecified atom stereocenters. The number of benzene rings is 2. The number of hydrogen-bond donors (Lipinski definition) is 2. The van der Waals surface area contributed by atoms with E-state index < -0.39 is 35.1 Å². The smallest absolute Gasteiger partial charge is 0.416 e. The number of ether oxygens (including phenoxy) is 1. The van der Waals surface area contributed by atoms with Crippen LogP contribution in [0.5, 0.6) is 5.75 Å². The average molecular weight is 511 g/mol. The molecule has 0 saturated heterocycles. The number of nitrogens with zero attached hydrogens (tertiary/aromatic N) is 1. The number of nitrogens with one attached hydrogen (secondary N) is 1. The number of rotatable bonds is 5. The number of carboxylic acid groups (broad SMARTS) is 1. The molecule has 2 aromatic heterocycles. The molecule has 4 rings (SSSR count). The molecule has 0 spiro atoms. The molecular formula is C22H14ClF3N2O5S. The first kappa shape index (κ1) is 23.6. The number of aromatic carboxylic acids is 1. The molecular weight excluding hydrogens is 497 g/mol. The van der Waals surface area contributed by atoms with Crippen LogP contribution in [-0.4, -0.2) is 20.6 Å². The molecule has 1 atom stereocenters. The Hall–Kier alpha value is -3.57. The lowest BCUT2D eigenvalue weighted by molar-refractivity contribution is -0.137. The molecule has 2 N–H and O–H groups in total. The van der Waals surface area contributed by atoms with Crippen LogP contribution in [0.4, 0.5) is 13.2 Å². The summed E-state index contributed by atoms with van der Waals surface area (Å²) < 4.78 is 44.9. The van der Waals surface area contributed by atoms with Gasteiger partial charge in [-0.2, -0.15) is 13.2 Å².